The zero-order valence-corrected chi connectivity index (χ0v) is 21.3. The van der Waals surface area contributed by atoms with Gasteiger partial charge in [0.25, 0.3) is 5.52 Å². The zero-order valence-electron chi connectivity index (χ0n) is 19.8. The van der Waals surface area contributed by atoms with Gasteiger partial charge in [-0.25, -0.2) is 9.59 Å². The van der Waals surface area contributed by atoms with Gasteiger partial charge in [0.2, 0.25) is 11.5 Å². The van der Waals surface area contributed by atoms with Crippen LogP contribution < -0.4 is 14.2 Å². The molecule has 4 rings (SSSR count). The smallest absolute Gasteiger partial charge is 0.374 e. The molecule has 8 nitrogen and oxygen atoms in total. The lowest BCUT2D eigenvalue weighted by Crippen LogP contribution is -2.37. The Morgan fingerprint density at radius 3 is 2.41 bits per heavy atom. The molecule has 0 spiro atoms. The second kappa shape index (κ2) is 10.5. The molecule has 0 fully saturated rings. The average molecular weight is 542 g/mol. The van der Waals surface area contributed by atoms with Gasteiger partial charge in [-0.05, 0) is 42.3 Å². The summed E-state index contributed by atoms with van der Waals surface area (Å²) >= 11 is 12.4. The van der Waals surface area contributed by atoms with Crippen molar-refractivity contribution in [2.45, 2.75) is 19.9 Å². The van der Waals surface area contributed by atoms with Crippen LogP contribution in [0.15, 0.2) is 82.7 Å². The first-order valence-corrected chi connectivity index (χ1v) is 11.9. The lowest BCUT2D eigenvalue weighted by atomic mass is 10.1. The Balaban J connectivity index is 1.80. The third-order valence-corrected chi connectivity index (χ3v) is 6.18. The van der Waals surface area contributed by atoms with Crippen LogP contribution in [0.5, 0.6) is 5.75 Å². The number of aliphatic carboxylic acids is 2. The van der Waals surface area contributed by atoms with Crippen molar-refractivity contribution in [3.05, 3.63) is 94.2 Å². The van der Waals surface area contributed by atoms with Gasteiger partial charge in [0.05, 0.1) is 23.9 Å². The van der Waals surface area contributed by atoms with Gasteiger partial charge in [-0.2, -0.15) is 4.57 Å². The number of fused-ring (bicyclic) bond motifs is 2. The number of nitrogens with zero attached hydrogens (tertiary/aromatic N) is 2. The third-order valence-electron chi connectivity index (χ3n) is 5.71. The molecular formula is C27H23Cl2N2O6+. The van der Waals surface area contributed by atoms with Crippen molar-refractivity contribution < 1.29 is 33.5 Å². The van der Waals surface area contributed by atoms with Crippen LogP contribution in [-0.2, 0) is 16.1 Å². The fourth-order valence-electron chi connectivity index (χ4n) is 3.77. The molecule has 0 radical (unpaired) electrons. The van der Waals surface area contributed by atoms with Gasteiger partial charge >= 0.3 is 17.8 Å². The molecule has 2 aromatic carbocycles. The van der Waals surface area contributed by atoms with E-state index in [-0.39, 0.29) is 24.2 Å². The molecule has 0 saturated heterocycles. The van der Waals surface area contributed by atoms with E-state index in [0.717, 1.165) is 5.57 Å². The number of oxazole rings is 1. The molecule has 190 valence electrons. The minimum atomic E-state index is -1.12. The topological polar surface area (TPSA) is 104 Å². The summed E-state index contributed by atoms with van der Waals surface area (Å²) in [5, 5.41) is 19.7. The number of allylic oxidation sites excluding steroid dienone is 2. The first kappa shape index (κ1) is 26.1. The highest BCUT2D eigenvalue weighted by Gasteiger charge is 2.29. The monoisotopic (exact) mass is 541 g/mol. The number of carboxylic acids is 2. The Bertz CT molecular complexity index is 1520. The number of aromatic nitrogens is 1. The van der Waals surface area contributed by atoms with Gasteiger partial charge in [-0.3, -0.25) is 0 Å². The predicted molar refractivity (Wildman–Crippen MR) is 141 cm³/mol. The first-order chi connectivity index (χ1) is 17.6. The summed E-state index contributed by atoms with van der Waals surface area (Å²) in [5.74, 6) is -0.958. The van der Waals surface area contributed by atoms with Crippen LogP contribution in [0.4, 0.5) is 5.69 Å². The highest BCUT2D eigenvalue weighted by molar-refractivity contribution is 6.31. The molecule has 3 aromatic rings. The normalized spacial score (nSPS) is 14.1. The summed E-state index contributed by atoms with van der Waals surface area (Å²) in [4.78, 5) is 24.6. The minimum Gasteiger partial charge on any atom is -0.478 e. The molecule has 2 heterocycles. The fourth-order valence-corrected chi connectivity index (χ4v) is 4.10. The van der Waals surface area contributed by atoms with Crippen LogP contribution in [0.3, 0.4) is 0 Å². The molecule has 0 amide bonds. The number of anilines is 1. The molecule has 0 saturated carbocycles. The highest BCUT2D eigenvalue weighted by Crippen LogP contribution is 2.41. The second-order valence-electron chi connectivity index (χ2n) is 8.31. The molecule has 1 aliphatic rings. The second-order valence-corrected chi connectivity index (χ2v) is 9.18. The number of carbonyl (C=O) groups is 2. The van der Waals surface area contributed by atoms with Crippen LogP contribution in [0.2, 0.25) is 10.0 Å². The van der Waals surface area contributed by atoms with E-state index in [2.05, 4.69) is 13.2 Å². The van der Waals surface area contributed by atoms with E-state index < -0.39 is 11.9 Å². The molecule has 1 aliphatic heterocycles. The summed E-state index contributed by atoms with van der Waals surface area (Å²) in [7, 11) is 0. The quantitative estimate of drug-likeness (QED) is 0.259. The van der Waals surface area contributed by atoms with Gasteiger partial charge in [0.1, 0.15) is 0 Å². The molecule has 37 heavy (non-hydrogen) atoms. The van der Waals surface area contributed by atoms with Gasteiger partial charge in [0.15, 0.2) is 12.3 Å². The molecular weight excluding hydrogens is 519 g/mol. The van der Waals surface area contributed by atoms with Crippen LogP contribution in [0, 0.1) is 0 Å². The van der Waals surface area contributed by atoms with Gasteiger partial charge in [-0.1, -0.05) is 43.3 Å². The predicted octanol–water partition coefficient (Wildman–Crippen LogP) is 5.84. The van der Waals surface area contributed by atoms with E-state index in [1.54, 1.807) is 58.0 Å². The van der Waals surface area contributed by atoms with Crippen molar-refractivity contribution in [3.63, 3.8) is 0 Å². The van der Waals surface area contributed by atoms with Crippen LogP contribution >= 0.6 is 23.2 Å². The molecule has 0 unspecified atom stereocenters. The van der Waals surface area contributed by atoms with E-state index in [4.69, 9.17) is 32.4 Å². The van der Waals surface area contributed by atoms with Crippen LogP contribution in [-0.4, -0.2) is 28.7 Å². The Morgan fingerprint density at radius 1 is 1.05 bits per heavy atom. The number of benzene rings is 2. The summed E-state index contributed by atoms with van der Waals surface area (Å²) in [6.45, 7) is 9.18. The Labute approximate surface area is 222 Å². The summed E-state index contributed by atoms with van der Waals surface area (Å²) in [5.41, 5.74) is 2.47. The van der Waals surface area contributed by atoms with E-state index in [0.29, 0.717) is 50.8 Å². The Morgan fingerprint density at radius 2 is 1.73 bits per heavy atom. The average Bonchev–Trinajstić information content (AvgIpc) is 3.35. The maximum atomic E-state index is 11.5. The third kappa shape index (κ3) is 5.55. The number of hydrogen-bond donors (Lipinski definition) is 2. The lowest BCUT2D eigenvalue weighted by Gasteiger charge is -2.18. The SMILES string of the molecule is C=C(CN1/C(=C/C(=C/c2oc3ccc(Cl)cc3[n+]2CC(=C)C(=O)O)CC)Oc2ccc(Cl)cc21)C(=O)O. The summed E-state index contributed by atoms with van der Waals surface area (Å²) in [6.07, 6.45) is 4.08. The molecule has 1 aromatic heterocycles. The maximum absolute atomic E-state index is 11.5. The van der Waals surface area contributed by atoms with E-state index in [1.165, 1.54) is 0 Å². The number of ether oxygens (including phenoxy) is 1. The molecule has 2 N–H and O–H groups in total. The lowest BCUT2D eigenvalue weighted by molar-refractivity contribution is -0.669. The molecule has 10 heteroatoms. The maximum Gasteiger partial charge on any atom is 0.374 e. The van der Waals surface area contributed by atoms with Crippen molar-refractivity contribution in [2.24, 2.45) is 0 Å². The van der Waals surface area contributed by atoms with Gasteiger partial charge < -0.3 is 24.3 Å². The van der Waals surface area contributed by atoms with Crippen molar-refractivity contribution in [1.82, 2.24) is 0 Å². The van der Waals surface area contributed by atoms with E-state index in [9.17, 15) is 19.8 Å². The van der Waals surface area contributed by atoms with Crippen LogP contribution in [0.25, 0.3) is 17.2 Å². The minimum absolute atomic E-state index is 0.0208. The van der Waals surface area contributed by atoms with Crippen molar-refractivity contribution in [3.8, 4) is 5.75 Å². The molecule has 0 atom stereocenters. The number of halogens is 2. The van der Waals surface area contributed by atoms with E-state index >= 15 is 0 Å². The van der Waals surface area contributed by atoms with Crippen molar-refractivity contribution in [1.29, 1.82) is 0 Å². The summed E-state index contributed by atoms with van der Waals surface area (Å²) < 4.78 is 13.7. The Hall–Kier alpha value is -4.01. The standard InChI is InChI=1S/C27H22Cl2N2O6/c1-4-17(9-24-30(13-15(2)26(32)33)20-11-18(28)5-7-22(20)36-24)10-25-31(14-16(3)27(34)35)21-12-19(29)6-8-23(21)37-25/h5-12H,2-4,13-14H2,1H3,(H-,32,33,34,35)/p+1. The number of carboxylic acid groups (broad SMARTS) is 2. The van der Waals surface area contributed by atoms with Gasteiger partial charge in [0, 0.05) is 27.8 Å². The van der Waals surface area contributed by atoms with Crippen LogP contribution in [0.1, 0.15) is 19.2 Å². The highest BCUT2D eigenvalue weighted by atomic mass is 35.5. The number of rotatable bonds is 9. The zero-order chi connectivity index (χ0) is 26.9. The largest absolute Gasteiger partial charge is 0.478 e. The molecule has 0 aliphatic carbocycles. The first-order valence-electron chi connectivity index (χ1n) is 11.2. The van der Waals surface area contributed by atoms with E-state index in [1.807, 2.05) is 6.92 Å². The van der Waals surface area contributed by atoms with Crippen molar-refractivity contribution in [2.75, 3.05) is 11.4 Å². The fraction of sp³-hybridized carbons (Fsp3) is 0.148. The Kier molecular flexibility index (Phi) is 7.42. The van der Waals surface area contributed by atoms with Gasteiger partial charge in [-0.15, -0.1) is 0 Å². The summed E-state index contributed by atoms with van der Waals surface area (Å²) in [6, 6.07) is 10.2. The number of hydrogen-bond acceptors (Lipinski definition) is 5. The van der Waals surface area contributed by atoms with Crippen molar-refractivity contribution >= 4 is 58.0 Å². The molecule has 0 bridgehead atoms.